The molecule has 1 aliphatic rings. The molecule has 1 aromatic carbocycles. The van der Waals surface area contributed by atoms with Crippen molar-refractivity contribution in [3.8, 4) is 5.75 Å². The van der Waals surface area contributed by atoms with Crippen LogP contribution in [0, 0.1) is 0 Å². The van der Waals surface area contributed by atoms with E-state index in [1.165, 1.54) is 44.5 Å². The van der Waals surface area contributed by atoms with Gasteiger partial charge in [0.2, 0.25) is 0 Å². The van der Waals surface area contributed by atoms with Crippen LogP contribution in [0.5, 0.6) is 5.75 Å². The molecule has 2 heteroatoms. The maximum atomic E-state index is 5.87. The highest BCUT2D eigenvalue weighted by Gasteiger charge is 2.14. The fourth-order valence-corrected chi connectivity index (χ4v) is 2.57. The molecule has 0 aromatic heterocycles. The van der Waals surface area contributed by atoms with Crippen molar-refractivity contribution in [1.29, 1.82) is 0 Å². The number of nitrogens with one attached hydrogen (secondary N) is 1. The van der Waals surface area contributed by atoms with Crippen LogP contribution in [-0.2, 0) is 6.42 Å². The van der Waals surface area contributed by atoms with Crippen molar-refractivity contribution in [2.75, 3.05) is 26.2 Å². The van der Waals surface area contributed by atoms with E-state index in [0.717, 1.165) is 18.8 Å². The van der Waals surface area contributed by atoms with Crippen molar-refractivity contribution < 1.29 is 9.64 Å². The van der Waals surface area contributed by atoms with E-state index in [-0.39, 0.29) is 0 Å². The van der Waals surface area contributed by atoms with Crippen molar-refractivity contribution in [3.05, 3.63) is 29.8 Å². The van der Waals surface area contributed by atoms with Gasteiger partial charge in [0, 0.05) is 19.3 Å². The van der Waals surface area contributed by atoms with Crippen molar-refractivity contribution in [1.82, 2.24) is 0 Å². The monoisotopic (exact) mass is 234 g/mol. The molecule has 17 heavy (non-hydrogen) atoms. The van der Waals surface area contributed by atoms with Crippen LogP contribution in [0.25, 0.3) is 0 Å². The largest absolute Gasteiger partial charge is 0.493 e. The summed E-state index contributed by atoms with van der Waals surface area (Å²) in [5.41, 5.74) is 1.32. The van der Waals surface area contributed by atoms with Gasteiger partial charge in [0.25, 0.3) is 0 Å². The molecular formula is C15H24NO+. The van der Waals surface area contributed by atoms with Crippen LogP contribution in [0.2, 0.25) is 0 Å². The predicted octanol–water partition coefficient (Wildman–Crippen LogP) is 1.70. The Balaban J connectivity index is 1.70. The molecule has 1 N–H and O–H groups in total. The van der Waals surface area contributed by atoms with E-state index >= 15 is 0 Å². The van der Waals surface area contributed by atoms with Gasteiger partial charge < -0.3 is 9.64 Å². The zero-order valence-corrected chi connectivity index (χ0v) is 10.9. The number of aryl methyl sites for hydroxylation is 1. The molecule has 94 valence electrons. The van der Waals surface area contributed by atoms with Crippen LogP contribution < -0.4 is 9.64 Å². The highest BCUT2D eigenvalue weighted by Crippen LogP contribution is 2.18. The number of ether oxygens (including phenoxy) is 1. The van der Waals surface area contributed by atoms with Gasteiger partial charge in [0.15, 0.2) is 0 Å². The van der Waals surface area contributed by atoms with E-state index in [0.29, 0.717) is 0 Å². The third kappa shape index (κ3) is 3.74. The number of hydrogen-bond donors (Lipinski definition) is 1. The maximum Gasteiger partial charge on any atom is 0.122 e. The summed E-state index contributed by atoms with van der Waals surface area (Å²) in [6.45, 7) is 7.04. The van der Waals surface area contributed by atoms with Crippen LogP contribution >= 0.6 is 0 Å². The lowest BCUT2D eigenvalue weighted by Crippen LogP contribution is -3.10. The van der Waals surface area contributed by atoms with Crippen molar-refractivity contribution >= 4 is 0 Å². The molecule has 0 amide bonds. The number of likely N-dealkylation sites (tertiary alicyclic amines) is 1. The number of hydrogen-bond acceptors (Lipinski definition) is 1. The Morgan fingerprint density at radius 1 is 1.18 bits per heavy atom. The Morgan fingerprint density at radius 2 is 1.94 bits per heavy atom. The standard InChI is InChI=1S/C15H23NO/c1-2-14-8-3-4-9-15(14)17-13-7-12-16-10-5-6-11-16/h3-4,8-9H,2,5-7,10-13H2,1H3/p+1. The van der Waals surface area contributed by atoms with Crippen molar-refractivity contribution in [2.24, 2.45) is 0 Å². The first-order chi connectivity index (χ1) is 8.40. The van der Waals surface area contributed by atoms with Gasteiger partial charge in [-0.1, -0.05) is 25.1 Å². The first-order valence-corrected chi connectivity index (χ1v) is 6.94. The van der Waals surface area contributed by atoms with Gasteiger partial charge in [0.1, 0.15) is 5.75 Å². The average molecular weight is 234 g/mol. The molecule has 0 radical (unpaired) electrons. The second kappa shape index (κ2) is 6.65. The molecular weight excluding hydrogens is 210 g/mol. The van der Waals surface area contributed by atoms with Crippen LogP contribution in [0.3, 0.4) is 0 Å². The summed E-state index contributed by atoms with van der Waals surface area (Å²) in [5, 5.41) is 0. The topological polar surface area (TPSA) is 13.7 Å². The first-order valence-electron chi connectivity index (χ1n) is 6.94. The summed E-state index contributed by atoms with van der Waals surface area (Å²) in [7, 11) is 0. The van der Waals surface area contributed by atoms with Gasteiger partial charge in [-0.2, -0.15) is 0 Å². The minimum atomic E-state index is 0.862. The highest BCUT2D eigenvalue weighted by atomic mass is 16.5. The lowest BCUT2D eigenvalue weighted by Gasteiger charge is -2.13. The third-order valence-corrected chi connectivity index (χ3v) is 3.60. The van der Waals surface area contributed by atoms with E-state index in [4.69, 9.17) is 4.74 Å². The Hall–Kier alpha value is -1.02. The summed E-state index contributed by atoms with van der Waals surface area (Å²) in [6, 6.07) is 8.38. The molecule has 0 saturated carbocycles. The van der Waals surface area contributed by atoms with Gasteiger partial charge in [-0.25, -0.2) is 0 Å². The van der Waals surface area contributed by atoms with E-state index in [1.54, 1.807) is 4.90 Å². The van der Waals surface area contributed by atoms with Crippen LogP contribution in [0.1, 0.15) is 31.7 Å². The maximum absolute atomic E-state index is 5.87. The second-order valence-electron chi connectivity index (χ2n) is 4.87. The number of rotatable bonds is 6. The molecule has 1 saturated heterocycles. The number of para-hydroxylation sites is 1. The minimum absolute atomic E-state index is 0.862. The summed E-state index contributed by atoms with van der Waals surface area (Å²) < 4.78 is 5.87. The summed E-state index contributed by atoms with van der Waals surface area (Å²) in [5.74, 6) is 1.08. The van der Waals surface area contributed by atoms with Gasteiger partial charge in [-0.15, -0.1) is 0 Å². The second-order valence-corrected chi connectivity index (χ2v) is 4.87. The average Bonchev–Trinajstić information content (AvgIpc) is 2.88. The first kappa shape index (κ1) is 12.4. The zero-order chi connectivity index (χ0) is 11.9. The molecule has 1 heterocycles. The molecule has 1 fully saturated rings. The van der Waals surface area contributed by atoms with Gasteiger partial charge in [-0.3, -0.25) is 0 Å². The molecule has 0 spiro atoms. The van der Waals surface area contributed by atoms with E-state index in [1.807, 2.05) is 0 Å². The van der Waals surface area contributed by atoms with Gasteiger partial charge in [-0.05, 0) is 18.1 Å². The minimum Gasteiger partial charge on any atom is -0.493 e. The molecule has 2 rings (SSSR count). The van der Waals surface area contributed by atoms with Crippen LogP contribution in [0.15, 0.2) is 24.3 Å². The third-order valence-electron chi connectivity index (χ3n) is 3.60. The Kier molecular flexibility index (Phi) is 4.87. The normalized spacial score (nSPS) is 16.3. The predicted molar refractivity (Wildman–Crippen MR) is 70.7 cm³/mol. The van der Waals surface area contributed by atoms with Gasteiger partial charge in [0.05, 0.1) is 26.2 Å². The van der Waals surface area contributed by atoms with E-state index in [9.17, 15) is 0 Å². The van der Waals surface area contributed by atoms with E-state index < -0.39 is 0 Å². The van der Waals surface area contributed by atoms with Crippen LogP contribution in [-0.4, -0.2) is 26.2 Å². The SMILES string of the molecule is CCc1ccccc1OCCC[NH+]1CCCC1. The Labute approximate surface area is 105 Å². The Bertz CT molecular complexity index is 331. The molecule has 0 aliphatic carbocycles. The summed E-state index contributed by atoms with van der Waals surface area (Å²) in [6.07, 6.45) is 5.05. The van der Waals surface area contributed by atoms with Crippen molar-refractivity contribution in [3.63, 3.8) is 0 Å². The number of quaternary nitrogens is 1. The summed E-state index contributed by atoms with van der Waals surface area (Å²) in [4.78, 5) is 1.76. The summed E-state index contributed by atoms with van der Waals surface area (Å²) >= 11 is 0. The quantitative estimate of drug-likeness (QED) is 0.740. The van der Waals surface area contributed by atoms with E-state index in [2.05, 4.69) is 31.2 Å². The molecule has 0 bridgehead atoms. The van der Waals surface area contributed by atoms with Crippen LogP contribution in [0.4, 0.5) is 0 Å². The molecule has 1 aromatic rings. The highest BCUT2D eigenvalue weighted by molar-refractivity contribution is 5.33. The van der Waals surface area contributed by atoms with Crippen molar-refractivity contribution in [2.45, 2.75) is 32.6 Å². The zero-order valence-electron chi connectivity index (χ0n) is 10.9. The fourth-order valence-electron chi connectivity index (χ4n) is 2.57. The Morgan fingerprint density at radius 3 is 2.71 bits per heavy atom. The molecule has 0 unspecified atom stereocenters. The number of benzene rings is 1. The smallest absolute Gasteiger partial charge is 0.122 e. The lowest BCUT2D eigenvalue weighted by atomic mass is 10.1. The fraction of sp³-hybridized carbons (Fsp3) is 0.600. The lowest BCUT2D eigenvalue weighted by molar-refractivity contribution is -0.887. The molecule has 1 aliphatic heterocycles. The van der Waals surface area contributed by atoms with Gasteiger partial charge >= 0.3 is 0 Å². The molecule has 0 atom stereocenters. The molecule has 2 nitrogen and oxygen atoms in total.